The van der Waals surface area contributed by atoms with Crippen LogP contribution < -0.4 is 11.1 Å². The van der Waals surface area contributed by atoms with Crippen molar-refractivity contribution in [3.05, 3.63) is 41.6 Å². The quantitative estimate of drug-likeness (QED) is 0.300. The summed E-state index contributed by atoms with van der Waals surface area (Å²) in [4.78, 5) is 32.5. The molecule has 138 valence electrons. The molecule has 0 fully saturated rings. The minimum Gasteiger partial charge on any atom is -0.384 e. The summed E-state index contributed by atoms with van der Waals surface area (Å²) in [5.41, 5.74) is 7.74. The first kappa shape index (κ1) is 19.9. The summed E-state index contributed by atoms with van der Waals surface area (Å²) in [6.07, 6.45) is 3.55. The molecule has 0 unspecified atom stereocenters. The molecule has 3 N–H and O–H groups in total. The third-order valence-electron chi connectivity index (χ3n) is 3.68. The van der Waals surface area contributed by atoms with Gasteiger partial charge < -0.3 is 11.1 Å². The number of nitrogens with two attached hydrogens (primary N) is 1. The van der Waals surface area contributed by atoms with Crippen molar-refractivity contribution < 1.29 is 9.59 Å². The second-order valence-corrected chi connectivity index (χ2v) is 6.95. The fourth-order valence-corrected chi connectivity index (χ4v) is 3.15. The van der Waals surface area contributed by atoms with Gasteiger partial charge in [0.25, 0.3) is 0 Å². The van der Waals surface area contributed by atoms with Gasteiger partial charge in [-0.1, -0.05) is 31.5 Å². The van der Waals surface area contributed by atoms with Gasteiger partial charge in [-0.3, -0.25) is 9.59 Å². The van der Waals surface area contributed by atoms with Gasteiger partial charge in [0, 0.05) is 29.4 Å². The van der Waals surface area contributed by atoms with Crippen LogP contribution in [-0.2, 0) is 4.79 Å². The van der Waals surface area contributed by atoms with Crippen LogP contribution in [0.2, 0.25) is 0 Å². The molecule has 1 amide bonds. The van der Waals surface area contributed by atoms with Crippen molar-refractivity contribution >= 4 is 35.0 Å². The van der Waals surface area contributed by atoms with E-state index >= 15 is 0 Å². The van der Waals surface area contributed by atoms with E-state index in [0.717, 1.165) is 25.0 Å². The molecular weight excluding hydrogens is 348 g/mol. The minimum atomic E-state index is -0.0282. The van der Waals surface area contributed by atoms with Crippen molar-refractivity contribution in [1.29, 1.82) is 0 Å². The van der Waals surface area contributed by atoms with Crippen LogP contribution in [-0.4, -0.2) is 27.4 Å². The molecule has 0 aliphatic rings. The van der Waals surface area contributed by atoms with Crippen molar-refractivity contribution in [3.8, 4) is 0 Å². The Morgan fingerprint density at radius 2 is 1.88 bits per heavy atom. The molecule has 0 spiro atoms. The Labute approximate surface area is 158 Å². The monoisotopic (exact) mass is 372 g/mol. The Morgan fingerprint density at radius 1 is 1.15 bits per heavy atom. The average Bonchev–Trinajstić information content (AvgIpc) is 2.60. The summed E-state index contributed by atoms with van der Waals surface area (Å²) in [7, 11) is 0. The van der Waals surface area contributed by atoms with E-state index in [1.54, 1.807) is 30.3 Å². The molecule has 0 saturated heterocycles. The standard InChI is InChI=1S/C19H24N4O2S/c1-3-4-5-6-18(25)22-15-9-7-14(8-10-15)16(24)12-26-19-21-13(2)11-17(20)23-19/h7-11H,3-6,12H2,1-2H3,(H,22,25)(H2,20,21,23). The Kier molecular flexibility index (Phi) is 7.59. The number of aromatic nitrogens is 2. The molecular formula is C19H24N4O2S. The summed E-state index contributed by atoms with van der Waals surface area (Å²) >= 11 is 1.26. The zero-order valence-electron chi connectivity index (χ0n) is 15.1. The number of nitrogen functional groups attached to an aromatic ring is 1. The minimum absolute atomic E-state index is 0.00210. The first-order valence-electron chi connectivity index (χ1n) is 8.65. The lowest BCUT2D eigenvalue weighted by Crippen LogP contribution is -2.11. The molecule has 0 aliphatic heterocycles. The summed E-state index contributed by atoms with van der Waals surface area (Å²) in [6, 6.07) is 8.61. The van der Waals surface area contributed by atoms with Gasteiger partial charge in [0.2, 0.25) is 5.91 Å². The molecule has 0 saturated carbocycles. The van der Waals surface area contributed by atoms with E-state index in [9.17, 15) is 9.59 Å². The molecule has 1 aromatic heterocycles. The number of nitrogens with one attached hydrogen (secondary N) is 1. The Hall–Kier alpha value is -2.41. The predicted octanol–water partition coefficient (Wildman–Crippen LogP) is 3.86. The van der Waals surface area contributed by atoms with E-state index in [2.05, 4.69) is 22.2 Å². The number of thioether (sulfide) groups is 1. The number of anilines is 2. The number of rotatable bonds is 9. The Bertz CT molecular complexity index is 742. The van der Waals surface area contributed by atoms with E-state index in [-0.39, 0.29) is 17.4 Å². The fraction of sp³-hybridized carbons (Fsp3) is 0.368. The van der Waals surface area contributed by atoms with Crippen molar-refractivity contribution in [2.45, 2.75) is 44.7 Å². The van der Waals surface area contributed by atoms with Gasteiger partial charge in [0.15, 0.2) is 10.9 Å². The van der Waals surface area contributed by atoms with Crippen LogP contribution in [0.3, 0.4) is 0 Å². The smallest absolute Gasteiger partial charge is 0.224 e. The number of aryl methyl sites for hydroxylation is 1. The molecule has 2 aromatic rings. The van der Waals surface area contributed by atoms with E-state index < -0.39 is 0 Å². The maximum Gasteiger partial charge on any atom is 0.224 e. The van der Waals surface area contributed by atoms with Gasteiger partial charge in [-0.05, 0) is 37.6 Å². The van der Waals surface area contributed by atoms with Crippen LogP contribution in [0.5, 0.6) is 0 Å². The second kappa shape index (κ2) is 9.91. The summed E-state index contributed by atoms with van der Waals surface area (Å²) in [5, 5.41) is 3.34. The van der Waals surface area contributed by atoms with Gasteiger partial charge in [0.05, 0.1) is 5.75 Å². The number of ketones is 1. The van der Waals surface area contributed by atoms with Gasteiger partial charge in [0.1, 0.15) is 5.82 Å². The number of benzene rings is 1. The zero-order chi connectivity index (χ0) is 18.9. The van der Waals surface area contributed by atoms with Crippen molar-refractivity contribution in [1.82, 2.24) is 9.97 Å². The highest BCUT2D eigenvalue weighted by atomic mass is 32.2. The van der Waals surface area contributed by atoms with Gasteiger partial charge >= 0.3 is 0 Å². The number of carbonyl (C=O) groups excluding carboxylic acids is 2. The third kappa shape index (κ3) is 6.48. The number of amides is 1. The molecule has 1 heterocycles. The van der Waals surface area contributed by atoms with Crippen molar-refractivity contribution in [3.63, 3.8) is 0 Å². The lowest BCUT2D eigenvalue weighted by molar-refractivity contribution is -0.116. The summed E-state index contributed by atoms with van der Waals surface area (Å²) in [6.45, 7) is 3.94. The highest BCUT2D eigenvalue weighted by Gasteiger charge is 2.10. The highest BCUT2D eigenvalue weighted by molar-refractivity contribution is 7.99. The normalized spacial score (nSPS) is 10.5. The number of hydrogen-bond acceptors (Lipinski definition) is 6. The van der Waals surface area contributed by atoms with E-state index in [1.165, 1.54) is 11.8 Å². The van der Waals surface area contributed by atoms with Gasteiger partial charge in [-0.25, -0.2) is 9.97 Å². The number of nitrogens with zero attached hydrogens (tertiary/aromatic N) is 2. The number of unbranched alkanes of at least 4 members (excludes halogenated alkanes) is 2. The first-order valence-corrected chi connectivity index (χ1v) is 9.63. The largest absolute Gasteiger partial charge is 0.384 e. The van der Waals surface area contributed by atoms with E-state index in [4.69, 9.17) is 5.73 Å². The molecule has 0 atom stereocenters. The number of carbonyl (C=O) groups is 2. The topological polar surface area (TPSA) is 98.0 Å². The molecule has 0 radical (unpaired) electrons. The van der Waals surface area contributed by atoms with Crippen LogP contribution in [0.4, 0.5) is 11.5 Å². The van der Waals surface area contributed by atoms with E-state index in [1.807, 2.05) is 6.92 Å². The number of hydrogen-bond donors (Lipinski definition) is 2. The molecule has 6 nitrogen and oxygen atoms in total. The predicted molar refractivity (Wildman–Crippen MR) is 105 cm³/mol. The summed E-state index contributed by atoms with van der Waals surface area (Å²) < 4.78 is 0. The lowest BCUT2D eigenvalue weighted by atomic mass is 10.1. The molecule has 26 heavy (non-hydrogen) atoms. The number of Topliss-reactive ketones (excluding diaryl/α,β-unsaturated/α-hetero) is 1. The van der Waals surface area contributed by atoms with Gasteiger partial charge in [-0.15, -0.1) is 0 Å². The zero-order valence-corrected chi connectivity index (χ0v) is 15.9. The molecule has 0 bridgehead atoms. The van der Waals surface area contributed by atoms with Crippen LogP contribution in [0, 0.1) is 6.92 Å². The van der Waals surface area contributed by atoms with Gasteiger partial charge in [-0.2, -0.15) is 0 Å². The average molecular weight is 372 g/mol. The molecule has 1 aromatic carbocycles. The van der Waals surface area contributed by atoms with Crippen LogP contribution in [0.25, 0.3) is 0 Å². The SMILES string of the molecule is CCCCCC(=O)Nc1ccc(C(=O)CSc2nc(C)cc(N)n2)cc1. The maximum absolute atomic E-state index is 12.3. The maximum atomic E-state index is 12.3. The van der Waals surface area contributed by atoms with Crippen LogP contribution in [0.1, 0.15) is 48.7 Å². The van der Waals surface area contributed by atoms with Crippen LogP contribution >= 0.6 is 11.8 Å². The Morgan fingerprint density at radius 3 is 2.54 bits per heavy atom. The Balaban J connectivity index is 1.86. The van der Waals surface area contributed by atoms with Crippen LogP contribution in [0.15, 0.2) is 35.5 Å². The fourth-order valence-electron chi connectivity index (χ4n) is 2.34. The third-order valence-corrected chi connectivity index (χ3v) is 4.53. The molecule has 0 aliphatic carbocycles. The molecule has 2 rings (SSSR count). The van der Waals surface area contributed by atoms with E-state index in [0.29, 0.717) is 28.6 Å². The summed E-state index contributed by atoms with van der Waals surface area (Å²) in [5.74, 6) is 0.597. The van der Waals surface area contributed by atoms with Crippen molar-refractivity contribution in [2.75, 3.05) is 16.8 Å². The second-order valence-electron chi connectivity index (χ2n) is 6.01. The first-order chi connectivity index (χ1) is 12.5. The lowest BCUT2D eigenvalue weighted by Gasteiger charge is -2.06. The van der Waals surface area contributed by atoms with Crippen molar-refractivity contribution in [2.24, 2.45) is 0 Å². The molecule has 7 heteroatoms. The highest BCUT2D eigenvalue weighted by Crippen LogP contribution is 2.18.